The molecule has 1 aliphatic rings. The van der Waals surface area contributed by atoms with Gasteiger partial charge in [-0.25, -0.2) is 9.38 Å². The fourth-order valence-corrected chi connectivity index (χ4v) is 2.69. The van der Waals surface area contributed by atoms with Crippen LogP contribution in [0.15, 0.2) is 53.4 Å². The van der Waals surface area contributed by atoms with Crippen LogP contribution in [-0.2, 0) is 21.8 Å². The number of benzene rings is 2. The average molecular weight is 433 g/mol. The smallest absolute Gasteiger partial charge is 0.416 e. The van der Waals surface area contributed by atoms with E-state index >= 15 is 0 Å². The maximum Gasteiger partial charge on any atom is 0.416 e. The molecule has 160 valence electrons. The summed E-state index contributed by atoms with van der Waals surface area (Å²) in [6.45, 7) is 1.27. The van der Waals surface area contributed by atoms with Crippen molar-refractivity contribution >= 4 is 11.9 Å². The molecule has 0 N–H and O–H groups in total. The van der Waals surface area contributed by atoms with Crippen LogP contribution < -0.4 is 0 Å². The molecule has 2 aromatic rings. The van der Waals surface area contributed by atoms with E-state index in [1.54, 1.807) is 0 Å². The van der Waals surface area contributed by atoms with Crippen LogP contribution >= 0.6 is 0 Å². The van der Waals surface area contributed by atoms with Gasteiger partial charge in [0.1, 0.15) is 18.5 Å². The molecule has 0 saturated carbocycles. The van der Waals surface area contributed by atoms with E-state index in [1.807, 2.05) is 0 Å². The molecule has 3 rings (SSSR count). The minimum atomic E-state index is -4.97. The largest absolute Gasteiger partial charge is 0.458 e. The van der Waals surface area contributed by atoms with Crippen LogP contribution in [0, 0.1) is 5.82 Å². The highest BCUT2D eigenvalue weighted by atomic mass is 19.4. The molecule has 0 aromatic heterocycles. The molecule has 0 bridgehead atoms. The summed E-state index contributed by atoms with van der Waals surface area (Å²) >= 11 is 0. The third-order valence-corrected chi connectivity index (χ3v) is 4.18. The number of halogens is 7. The van der Waals surface area contributed by atoms with Gasteiger partial charge in [0.25, 0.3) is 0 Å². The minimum absolute atomic E-state index is 0.0108. The monoisotopic (exact) mass is 433 g/mol. The summed E-state index contributed by atoms with van der Waals surface area (Å²) in [6.07, 6.45) is -9.78. The fraction of sp³-hybridized carbons (Fsp3) is 0.250. The van der Waals surface area contributed by atoms with Crippen LogP contribution in [0.3, 0.4) is 0 Å². The van der Waals surface area contributed by atoms with Gasteiger partial charge in [0.05, 0.1) is 11.1 Å². The van der Waals surface area contributed by atoms with E-state index in [1.165, 1.54) is 25.3 Å². The Balaban J connectivity index is 1.98. The lowest BCUT2D eigenvalue weighted by Crippen LogP contribution is -2.14. The molecule has 0 radical (unpaired) electrons. The molecule has 10 heteroatoms. The SMILES string of the molecule is CC(OC1=C(c2ccc(F)cc2)N=CCO1)c1cc(C(F)(F)F)cc(C(F)(F)F)c1. The highest BCUT2D eigenvalue weighted by molar-refractivity contribution is 5.76. The van der Waals surface area contributed by atoms with Gasteiger partial charge in [-0.1, -0.05) is 0 Å². The molecular weight excluding hydrogens is 419 g/mol. The normalized spacial score (nSPS) is 15.7. The maximum atomic E-state index is 13.1. The van der Waals surface area contributed by atoms with Crippen molar-refractivity contribution in [3.63, 3.8) is 0 Å². The molecular formula is C20H14F7NO2. The summed E-state index contributed by atoms with van der Waals surface area (Å²) in [5.74, 6) is -0.692. The van der Waals surface area contributed by atoms with Gasteiger partial charge in [0.2, 0.25) is 0 Å². The van der Waals surface area contributed by atoms with Crippen LogP contribution in [0.5, 0.6) is 0 Å². The van der Waals surface area contributed by atoms with Gasteiger partial charge in [0.15, 0.2) is 5.70 Å². The van der Waals surface area contributed by atoms with Crippen molar-refractivity contribution in [3.8, 4) is 0 Å². The van der Waals surface area contributed by atoms with E-state index < -0.39 is 35.4 Å². The Bertz CT molecular complexity index is 944. The molecule has 30 heavy (non-hydrogen) atoms. The Morgan fingerprint density at radius 2 is 1.50 bits per heavy atom. The lowest BCUT2D eigenvalue weighted by molar-refractivity contribution is -0.143. The molecule has 1 aliphatic heterocycles. The highest BCUT2D eigenvalue weighted by Gasteiger charge is 2.37. The molecule has 1 atom stereocenters. The van der Waals surface area contributed by atoms with Crippen LogP contribution in [0.4, 0.5) is 30.7 Å². The molecule has 3 nitrogen and oxygen atoms in total. The first kappa shape index (κ1) is 21.7. The summed E-state index contributed by atoms with van der Waals surface area (Å²) in [5.41, 5.74) is -2.71. The first-order valence-corrected chi connectivity index (χ1v) is 8.56. The van der Waals surface area contributed by atoms with Crippen molar-refractivity contribution in [1.29, 1.82) is 0 Å². The van der Waals surface area contributed by atoms with Gasteiger partial charge >= 0.3 is 18.3 Å². The van der Waals surface area contributed by atoms with Crippen LogP contribution in [0.1, 0.15) is 35.3 Å². The predicted octanol–water partition coefficient (Wildman–Crippen LogP) is 6.37. The molecule has 0 amide bonds. The topological polar surface area (TPSA) is 30.8 Å². The first-order chi connectivity index (χ1) is 13.9. The van der Waals surface area contributed by atoms with Crippen molar-refractivity contribution < 1.29 is 40.2 Å². The maximum absolute atomic E-state index is 13.1. The van der Waals surface area contributed by atoms with Gasteiger partial charge in [-0.3, -0.25) is 0 Å². The standard InChI is InChI=1S/C20H14F7NO2/c1-11(13-8-14(19(22,23)24)10-15(9-13)20(25,26)27)30-18-17(28-6-7-29-18)12-2-4-16(21)5-3-12/h2-6,8-11H,7H2,1H3. The zero-order valence-corrected chi connectivity index (χ0v) is 15.3. The van der Waals surface area contributed by atoms with E-state index in [9.17, 15) is 30.7 Å². The second-order valence-electron chi connectivity index (χ2n) is 6.36. The van der Waals surface area contributed by atoms with E-state index in [0.29, 0.717) is 17.7 Å². The van der Waals surface area contributed by atoms with E-state index in [4.69, 9.17) is 9.47 Å². The third kappa shape index (κ3) is 4.92. The predicted molar refractivity (Wildman–Crippen MR) is 93.7 cm³/mol. The third-order valence-electron chi connectivity index (χ3n) is 4.18. The Morgan fingerprint density at radius 1 is 0.933 bits per heavy atom. The van der Waals surface area contributed by atoms with E-state index in [-0.39, 0.29) is 29.9 Å². The van der Waals surface area contributed by atoms with Crippen LogP contribution in [-0.4, -0.2) is 12.8 Å². The lowest BCUT2D eigenvalue weighted by atomic mass is 10.0. The zero-order valence-electron chi connectivity index (χ0n) is 15.3. The molecule has 0 aliphatic carbocycles. The Hall–Kier alpha value is -3.04. The molecule has 1 heterocycles. The Labute approximate surface area is 166 Å². The quantitative estimate of drug-likeness (QED) is 0.525. The summed E-state index contributed by atoms with van der Waals surface area (Å²) in [6, 6.07) is 6.31. The Morgan fingerprint density at radius 3 is 2.03 bits per heavy atom. The fourth-order valence-electron chi connectivity index (χ4n) is 2.69. The van der Waals surface area contributed by atoms with E-state index in [2.05, 4.69) is 4.99 Å². The van der Waals surface area contributed by atoms with Crippen molar-refractivity contribution in [2.45, 2.75) is 25.4 Å². The first-order valence-electron chi connectivity index (χ1n) is 8.56. The van der Waals surface area contributed by atoms with Crippen molar-refractivity contribution in [2.75, 3.05) is 6.61 Å². The van der Waals surface area contributed by atoms with Crippen LogP contribution in [0.25, 0.3) is 5.70 Å². The van der Waals surface area contributed by atoms with Crippen molar-refractivity contribution in [3.05, 3.63) is 76.5 Å². The number of hydrogen-bond acceptors (Lipinski definition) is 3. The molecule has 0 fully saturated rings. The number of nitrogens with zero attached hydrogens (tertiary/aromatic N) is 1. The second kappa shape index (κ2) is 8.00. The molecule has 0 saturated heterocycles. The van der Waals surface area contributed by atoms with Gasteiger partial charge in [0, 0.05) is 11.8 Å². The van der Waals surface area contributed by atoms with Gasteiger partial charge in [-0.05, 0) is 55.0 Å². The zero-order chi connectivity index (χ0) is 22.1. The minimum Gasteiger partial charge on any atom is -0.458 e. The van der Waals surface area contributed by atoms with Gasteiger partial charge in [-0.2, -0.15) is 26.3 Å². The summed E-state index contributed by atoms with van der Waals surface area (Å²) in [5, 5.41) is 0. The summed E-state index contributed by atoms with van der Waals surface area (Å²) in [4.78, 5) is 4.09. The number of rotatable bonds is 4. The number of aliphatic imine (C=N–C) groups is 1. The molecule has 0 spiro atoms. The average Bonchev–Trinajstić information content (AvgIpc) is 2.67. The molecule has 2 aromatic carbocycles. The molecule has 1 unspecified atom stereocenters. The highest BCUT2D eigenvalue weighted by Crippen LogP contribution is 2.38. The summed E-state index contributed by atoms with van der Waals surface area (Å²) in [7, 11) is 0. The van der Waals surface area contributed by atoms with Crippen molar-refractivity contribution in [1.82, 2.24) is 0 Å². The number of ether oxygens (including phenoxy) is 2. The number of hydrogen-bond donors (Lipinski definition) is 0. The van der Waals surface area contributed by atoms with Crippen molar-refractivity contribution in [2.24, 2.45) is 4.99 Å². The number of alkyl halides is 6. The van der Waals surface area contributed by atoms with E-state index in [0.717, 1.165) is 12.1 Å². The summed E-state index contributed by atoms with van der Waals surface area (Å²) < 4.78 is 103. The Kier molecular flexibility index (Phi) is 5.78. The van der Waals surface area contributed by atoms with Crippen LogP contribution in [0.2, 0.25) is 0 Å². The van der Waals surface area contributed by atoms with Gasteiger partial charge < -0.3 is 9.47 Å². The lowest BCUT2D eigenvalue weighted by Gasteiger charge is -2.23. The van der Waals surface area contributed by atoms with Gasteiger partial charge in [-0.15, -0.1) is 0 Å². The second-order valence-corrected chi connectivity index (χ2v) is 6.36.